The molecular formula is C16H18INO. The minimum atomic E-state index is 0.165. The molecular weight excluding hydrogens is 349 g/mol. The molecule has 0 spiro atoms. The van der Waals surface area contributed by atoms with Crippen LogP contribution in [0.3, 0.4) is 0 Å². The average Bonchev–Trinajstić information content (AvgIpc) is 2.46. The van der Waals surface area contributed by atoms with Gasteiger partial charge in [-0.3, -0.25) is 0 Å². The summed E-state index contributed by atoms with van der Waals surface area (Å²) in [6.07, 6.45) is 0. The second-order valence-electron chi connectivity index (χ2n) is 4.28. The molecule has 0 saturated heterocycles. The lowest BCUT2D eigenvalue weighted by atomic mass is 9.98. The van der Waals surface area contributed by atoms with Gasteiger partial charge in [-0.2, -0.15) is 0 Å². The Hall–Kier alpha value is -1.07. The van der Waals surface area contributed by atoms with Crippen molar-refractivity contribution in [2.24, 2.45) is 0 Å². The van der Waals surface area contributed by atoms with Gasteiger partial charge < -0.3 is 10.1 Å². The van der Waals surface area contributed by atoms with E-state index in [4.69, 9.17) is 4.74 Å². The molecule has 0 amide bonds. The molecule has 19 heavy (non-hydrogen) atoms. The van der Waals surface area contributed by atoms with E-state index >= 15 is 0 Å². The predicted octanol–water partition coefficient (Wildman–Crippen LogP) is 4.00. The van der Waals surface area contributed by atoms with Gasteiger partial charge in [-0.1, -0.05) is 37.3 Å². The molecule has 2 aromatic carbocycles. The van der Waals surface area contributed by atoms with Crippen LogP contribution in [0.1, 0.15) is 24.1 Å². The fourth-order valence-electron chi connectivity index (χ4n) is 2.17. The van der Waals surface area contributed by atoms with Gasteiger partial charge in [-0.05, 0) is 52.9 Å². The van der Waals surface area contributed by atoms with Crippen molar-refractivity contribution in [1.29, 1.82) is 0 Å². The zero-order valence-corrected chi connectivity index (χ0v) is 13.3. The Labute approximate surface area is 128 Å². The highest BCUT2D eigenvalue weighted by Crippen LogP contribution is 2.30. The van der Waals surface area contributed by atoms with Crippen LogP contribution in [0.2, 0.25) is 0 Å². The third-order valence-corrected chi connectivity index (χ3v) is 3.78. The van der Waals surface area contributed by atoms with Crippen LogP contribution in [-0.2, 0) is 0 Å². The Balaban J connectivity index is 2.42. The monoisotopic (exact) mass is 367 g/mol. The Bertz CT molecular complexity index is 525. The van der Waals surface area contributed by atoms with Crippen molar-refractivity contribution in [3.63, 3.8) is 0 Å². The third kappa shape index (κ3) is 3.48. The van der Waals surface area contributed by atoms with E-state index in [-0.39, 0.29) is 6.04 Å². The first-order valence-electron chi connectivity index (χ1n) is 6.38. The largest absolute Gasteiger partial charge is 0.496 e. The molecule has 1 unspecified atom stereocenters. The van der Waals surface area contributed by atoms with Gasteiger partial charge in [0.15, 0.2) is 0 Å². The van der Waals surface area contributed by atoms with Crippen molar-refractivity contribution in [1.82, 2.24) is 5.32 Å². The number of para-hydroxylation sites is 1. The Morgan fingerprint density at radius 1 is 1.11 bits per heavy atom. The lowest BCUT2D eigenvalue weighted by molar-refractivity contribution is 0.404. The number of methoxy groups -OCH3 is 1. The van der Waals surface area contributed by atoms with Crippen molar-refractivity contribution in [2.45, 2.75) is 13.0 Å². The van der Waals surface area contributed by atoms with Gasteiger partial charge in [0.25, 0.3) is 0 Å². The van der Waals surface area contributed by atoms with E-state index in [1.54, 1.807) is 7.11 Å². The number of halogens is 1. The van der Waals surface area contributed by atoms with Crippen LogP contribution in [-0.4, -0.2) is 13.7 Å². The van der Waals surface area contributed by atoms with Gasteiger partial charge in [0.1, 0.15) is 5.75 Å². The molecule has 1 atom stereocenters. The van der Waals surface area contributed by atoms with Crippen LogP contribution >= 0.6 is 22.6 Å². The maximum atomic E-state index is 5.48. The average molecular weight is 367 g/mol. The molecule has 2 aromatic rings. The van der Waals surface area contributed by atoms with Gasteiger partial charge in [0, 0.05) is 9.13 Å². The Kier molecular flexibility index (Phi) is 5.22. The fraction of sp³-hybridized carbons (Fsp3) is 0.250. The summed E-state index contributed by atoms with van der Waals surface area (Å²) in [6, 6.07) is 16.9. The maximum absolute atomic E-state index is 5.48. The summed E-state index contributed by atoms with van der Waals surface area (Å²) in [7, 11) is 1.72. The second-order valence-corrected chi connectivity index (χ2v) is 5.53. The van der Waals surface area contributed by atoms with E-state index < -0.39 is 0 Å². The second kappa shape index (κ2) is 6.91. The number of benzene rings is 2. The van der Waals surface area contributed by atoms with Crippen LogP contribution in [0.5, 0.6) is 5.75 Å². The summed E-state index contributed by atoms with van der Waals surface area (Å²) in [4.78, 5) is 0. The van der Waals surface area contributed by atoms with E-state index in [0.29, 0.717) is 0 Å². The zero-order valence-electron chi connectivity index (χ0n) is 11.2. The lowest BCUT2D eigenvalue weighted by Crippen LogP contribution is -2.22. The molecule has 3 heteroatoms. The van der Waals surface area contributed by atoms with E-state index in [1.807, 2.05) is 12.1 Å². The first kappa shape index (κ1) is 14.3. The van der Waals surface area contributed by atoms with Crippen LogP contribution in [0, 0.1) is 3.57 Å². The van der Waals surface area contributed by atoms with Crippen molar-refractivity contribution in [2.75, 3.05) is 13.7 Å². The molecule has 0 heterocycles. The van der Waals surface area contributed by atoms with Gasteiger partial charge >= 0.3 is 0 Å². The number of hydrogen-bond donors (Lipinski definition) is 1. The zero-order chi connectivity index (χ0) is 13.7. The van der Waals surface area contributed by atoms with Gasteiger partial charge in [0.05, 0.1) is 13.2 Å². The minimum absolute atomic E-state index is 0.165. The SMILES string of the molecule is CCNC(c1ccc(I)cc1)c1ccccc1OC. The third-order valence-electron chi connectivity index (χ3n) is 3.06. The molecule has 1 N–H and O–H groups in total. The molecule has 0 aliphatic rings. The van der Waals surface area contributed by atoms with E-state index in [9.17, 15) is 0 Å². The van der Waals surface area contributed by atoms with Crippen LogP contribution in [0.4, 0.5) is 0 Å². The lowest BCUT2D eigenvalue weighted by Gasteiger charge is -2.21. The summed E-state index contributed by atoms with van der Waals surface area (Å²) < 4.78 is 6.72. The Morgan fingerprint density at radius 3 is 2.42 bits per heavy atom. The summed E-state index contributed by atoms with van der Waals surface area (Å²) in [6.45, 7) is 3.03. The molecule has 100 valence electrons. The number of rotatable bonds is 5. The van der Waals surface area contributed by atoms with Crippen LogP contribution < -0.4 is 10.1 Å². The highest BCUT2D eigenvalue weighted by Gasteiger charge is 2.16. The highest BCUT2D eigenvalue weighted by atomic mass is 127. The first-order valence-corrected chi connectivity index (χ1v) is 7.46. The molecule has 0 saturated carbocycles. The molecule has 0 aliphatic carbocycles. The minimum Gasteiger partial charge on any atom is -0.496 e. The molecule has 0 radical (unpaired) electrons. The molecule has 0 bridgehead atoms. The van der Waals surface area contributed by atoms with E-state index in [0.717, 1.165) is 12.3 Å². The predicted molar refractivity (Wildman–Crippen MR) is 87.7 cm³/mol. The molecule has 0 aliphatic heterocycles. The van der Waals surface area contributed by atoms with E-state index in [1.165, 1.54) is 14.7 Å². The number of nitrogens with one attached hydrogen (secondary N) is 1. The summed E-state index contributed by atoms with van der Waals surface area (Å²) in [5.41, 5.74) is 2.43. The maximum Gasteiger partial charge on any atom is 0.123 e. The van der Waals surface area contributed by atoms with Crippen molar-refractivity contribution < 1.29 is 4.74 Å². The van der Waals surface area contributed by atoms with E-state index in [2.05, 4.69) is 71.2 Å². The summed E-state index contributed by atoms with van der Waals surface area (Å²) in [5.74, 6) is 0.923. The Morgan fingerprint density at radius 2 is 1.79 bits per heavy atom. The summed E-state index contributed by atoms with van der Waals surface area (Å²) in [5, 5.41) is 3.53. The van der Waals surface area contributed by atoms with Gasteiger partial charge in [-0.25, -0.2) is 0 Å². The number of hydrogen-bond acceptors (Lipinski definition) is 2. The van der Waals surface area contributed by atoms with Gasteiger partial charge in [0.2, 0.25) is 0 Å². The van der Waals surface area contributed by atoms with Crippen LogP contribution in [0.25, 0.3) is 0 Å². The first-order chi connectivity index (χ1) is 9.26. The topological polar surface area (TPSA) is 21.3 Å². The van der Waals surface area contributed by atoms with Crippen molar-refractivity contribution in [3.8, 4) is 5.75 Å². The molecule has 0 aromatic heterocycles. The molecule has 2 rings (SSSR count). The fourth-order valence-corrected chi connectivity index (χ4v) is 2.53. The summed E-state index contributed by atoms with van der Waals surface area (Å²) >= 11 is 2.32. The van der Waals surface area contributed by atoms with Crippen molar-refractivity contribution in [3.05, 3.63) is 63.2 Å². The quantitative estimate of drug-likeness (QED) is 0.807. The normalized spacial score (nSPS) is 12.2. The van der Waals surface area contributed by atoms with Crippen LogP contribution in [0.15, 0.2) is 48.5 Å². The highest BCUT2D eigenvalue weighted by molar-refractivity contribution is 14.1. The van der Waals surface area contributed by atoms with Crippen molar-refractivity contribution >= 4 is 22.6 Å². The molecule has 0 fully saturated rings. The molecule has 2 nitrogen and oxygen atoms in total. The smallest absolute Gasteiger partial charge is 0.123 e. The van der Waals surface area contributed by atoms with Gasteiger partial charge in [-0.15, -0.1) is 0 Å². The number of ether oxygens (including phenoxy) is 1. The standard InChI is InChI=1S/C16H18INO/c1-3-18-16(12-8-10-13(17)11-9-12)14-6-4-5-7-15(14)19-2/h4-11,16,18H,3H2,1-2H3.